The van der Waals surface area contributed by atoms with E-state index in [1.54, 1.807) is 22.9 Å². The van der Waals surface area contributed by atoms with Crippen LogP contribution >= 0.6 is 11.6 Å². The predicted molar refractivity (Wildman–Crippen MR) is 98.2 cm³/mol. The van der Waals surface area contributed by atoms with E-state index in [9.17, 15) is 9.90 Å². The SMILES string of the molecule is O=c1n2c(c(O)n1-c1ccc(OCc3ccc(Cl)cc3)cn1)CCCC2. The van der Waals surface area contributed by atoms with Crippen LogP contribution in [0.1, 0.15) is 24.1 Å². The second-order valence-corrected chi connectivity index (χ2v) is 6.70. The van der Waals surface area contributed by atoms with Gasteiger partial charge in [0.05, 0.1) is 11.9 Å². The Labute approximate surface area is 155 Å². The summed E-state index contributed by atoms with van der Waals surface area (Å²) in [4.78, 5) is 16.8. The summed E-state index contributed by atoms with van der Waals surface area (Å²) in [5.74, 6) is 0.950. The number of benzene rings is 1. The molecular weight excluding hydrogens is 354 g/mol. The van der Waals surface area contributed by atoms with Gasteiger partial charge >= 0.3 is 5.69 Å². The fourth-order valence-corrected chi connectivity index (χ4v) is 3.29. The number of pyridine rings is 1. The monoisotopic (exact) mass is 371 g/mol. The third-order valence-corrected chi connectivity index (χ3v) is 4.78. The van der Waals surface area contributed by atoms with Crippen molar-refractivity contribution in [2.24, 2.45) is 0 Å². The fourth-order valence-electron chi connectivity index (χ4n) is 3.16. The van der Waals surface area contributed by atoms with Crippen molar-refractivity contribution in [1.29, 1.82) is 0 Å². The van der Waals surface area contributed by atoms with Gasteiger partial charge < -0.3 is 9.84 Å². The number of nitrogens with zero attached hydrogens (tertiary/aromatic N) is 3. The van der Waals surface area contributed by atoms with Gasteiger partial charge in [0.1, 0.15) is 18.2 Å². The summed E-state index contributed by atoms with van der Waals surface area (Å²) in [6, 6.07) is 10.8. The number of imidazole rings is 1. The summed E-state index contributed by atoms with van der Waals surface area (Å²) in [6.45, 7) is 1.03. The molecule has 0 atom stereocenters. The zero-order valence-electron chi connectivity index (χ0n) is 14.1. The number of hydrogen-bond donors (Lipinski definition) is 1. The minimum atomic E-state index is -0.250. The molecule has 26 heavy (non-hydrogen) atoms. The number of aromatic nitrogens is 3. The van der Waals surface area contributed by atoms with Crippen molar-refractivity contribution in [2.45, 2.75) is 32.4 Å². The molecule has 134 valence electrons. The number of ether oxygens (including phenoxy) is 1. The quantitative estimate of drug-likeness (QED) is 0.764. The van der Waals surface area contributed by atoms with Gasteiger partial charge in [0.25, 0.3) is 0 Å². The van der Waals surface area contributed by atoms with Crippen LogP contribution in [0.4, 0.5) is 0 Å². The molecular formula is C19H18ClN3O3. The number of aromatic hydroxyl groups is 1. The van der Waals surface area contributed by atoms with Crippen molar-refractivity contribution in [1.82, 2.24) is 14.1 Å². The summed E-state index contributed by atoms with van der Waals surface area (Å²) in [5.41, 5.74) is 1.43. The standard InChI is InChI=1S/C19H18ClN3O3/c20-14-6-4-13(5-7-14)12-26-15-8-9-17(21-11-15)23-18(24)16-3-1-2-10-22(16)19(23)25/h4-9,11,24H,1-3,10,12H2. The summed E-state index contributed by atoms with van der Waals surface area (Å²) >= 11 is 5.87. The number of halogens is 1. The molecule has 1 aromatic carbocycles. The first-order chi connectivity index (χ1) is 12.6. The van der Waals surface area contributed by atoms with Crippen LogP contribution in [0.25, 0.3) is 5.82 Å². The highest BCUT2D eigenvalue weighted by Gasteiger charge is 2.23. The molecule has 2 aromatic heterocycles. The minimum Gasteiger partial charge on any atom is -0.493 e. The minimum absolute atomic E-state index is 0.0166. The lowest BCUT2D eigenvalue weighted by Gasteiger charge is -2.11. The van der Waals surface area contributed by atoms with Crippen LogP contribution in [0.15, 0.2) is 47.4 Å². The van der Waals surface area contributed by atoms with E-state index in [1.165, 1.54) is 4.57 Å². The molecule has 0 saturated carbocycles. The van der Waals surface area contributed by atoms with Gasteiger partial charge in [-0.25, -0.2) is 14.3 Å². The smallest absolute Gasteiger partial charge is 0.337 e. The second-order valence-electron chi connectivity index (χ2n) is 6.26. The normalized spacial score (nSPS) is 13.4. The number of hydrogen-bond acceptors (Lipinski definition) is 4. The Balaban J connectivity index is 1.54. The van der Waals surface area contributed by atoms with Crippen molar-refractivity contribution < 1.29 is 9.84 Å². The summed E-state index contributed by atoms with van der Waals surface area (Å²) < 4.78 is 8.59. The lowest BCUT2D eigenvalue weighted by atomic mass is 10.1. The Morgan fingerprint density at radius 1 is 1.15 bits per heavy atom. The summed E-state index contributed by atoms with van der Waals surface area (Å²) in [5, 5.41) is 11.1. The molecule has 0 radical (unpaired) electrons. The predicted octanol–water partition coefficient (Wildman–Crippen LogP) is 3.31. The molecule has 0 amide bonds. The van der Waals surface area contributed by atoms with Gasteiger partial charge in [-0.2, -0.15) is 0 Å². The highest BCUT2D eigenvalue weighted by atomic mass is 35.5. The van der Waals surface area contributed by atoms with Crippen molar-refractivity contribution in [3.63, 3.8) is 0 Å². The van der Waals surface area contributed by atoms with Crippen molar-refractivity contribution in [2.75, 3.05) is 0 Å². The maximum atomic E-state index is 12.5. The van der Waals surface area contributed by atoms with E-state index in [0.29, 0.717) is 41.9 Å². The molecule has 1 aliphatic rings. The van der Waals surface area contributed by atoms with Crippen LogP contribution in [-0.2, 0) is 19.6 Å². The fraction of sp³-hybridized carbons (Fsp3) is 0.263. The molecule has 0 fully saturated rings. The molecule has 0 bridgehead atoms. The molecule has 0 unspecified atom stereocenters. The highest BCUT2D eigenvalue weighted by Crippen LogP contribution is 2.25. The van der Waals surface area contributed by atoms with E-state index in [4.69, 9.17) is 16.3 Å². The molecule has 3 heterocycles. The molecule has 0 saturated heterocycles. The van der Waals surface area contributed by atoms with Gasteiger partial charge in [-0.3, -0.25) is 4.57 Å². The lowest BCUT2D eigenvalue weighted by Crippen LogP contribution is -2.26. The molecule has 0 spiro atoms. The molecule has 7 heteroatoms. The van der Waals surface area contributed by atoms with Crippen molar-refractivity contribution >= 4 is 11.6 Å². The van der Waals surface area contributed by atoms with Gasteiger partial charge in [-0.1, -0.05) is 23.7 Å². The summed E-state index contributed by atoms with van der Waals surface area (Å²) in [7, 11) is 0. The zero-order chi connectivity index (χ0) is 18.1. The second kappa shape index (κ2) is 6.88. The van der Waals surface area contributed by atoms with E-state index < -0.39 is 0 Å². The van der Waals surface area contributed by atoms with Gasteiger partial charge in [0.2, 0.25) is 5.88 Å². The molecule has 1 N–H and O–H groups in total. The molecule has 4 rings (SSSR count). The molecule has 6 nitrogen and oxygen atoms in total. The maximum Gasteiger partial charge on any atom is 0.337 e. The Morgan fingerprint density at radius 2 is 1.96 bits per heavy atom. The summed E-state index contributed by atoms with van der Waals surface area (Å²) in [6.07, 6.45) is 4.17. The van der Waals surface area contributed by atoms with Crippen LogP contribution in [0.3, 0.4) is 0 Å². The van der Waals surface area contributed by atoms with Crippen LogP contribution < -0.4 is 10.4 Å². The lowest BCUT2D eigenvalue weighted by molar-refractivity contribution is 0.305. The van der Waals surface area contributed by atoms with Gasteiger partial charge in [-0.05, 0) is 49.1 Å². The first-order valence-corrected chi connectivity index (χ1v) is 8.88. The Bertz CT molecular complexity index is 975. The van der Waals surface area contributed by atoms with E-state index in [2.05, 4.69) is 4.98 Å². The van der Waals surface area contributed by atoms with E-state index >= 15 is 0 Å². The molecule has 3 aromatic rings. The van der Waals surface area contributed by atoms with E-state index in [-0.39, 0.29) is 11.6 Å². The van der Waals surface area contributed by atoms with Crippen molar-refractivity contribution in [3.8, 4) is 17.4 Å². The maximum absolute atomic E-state index is 12.5. The van der Waals surface area contributed by atoms with Crippen LogP contribution in [0.2, 0.25) is 5.02 Å². The third-order valence-electron chi connectivity index (χ3n) is 4.53. The van der Waals surface area contributed by atoms with Crippen LogP contribution in [0, 0.1) is 0 Å². The topological polar surface area (TPSA) is 69.3 Å². The van der Waals surface area contributed by atoms with Gasteiger partial charge in [0.15, 0.2) is 0 Å². The molecule has 1 aliphatic heterocycles. The van der Waals surface area contributed by atoms with Gasteiger partial charge in [-0.15, -0.1) is 0 Å². The third kappa shape index (κ3) is 3.08. The van der Waals surface area contributed by atoms with Crippen LogP contribution in [-0.4, -0.2) is 19.2 Å². The average Bonchev–Trinajstić information content (AvgIpc) is 2.93. The van der Waals surface area contributed by atoms with Crippen molar-refractivity contribution in [3.05, 3.63) is 69.4 Å². The van der Waals surface area contributed by atoms with E-state index in [1.807, 2.05) is 24.3 Å². The first kappa shape index (κ1) is 16.7. The highest BCUT2D eigenvalue weighted by molar-refractivity contribution is 6.30. The number of rotatable bonds is 4. The average molecular weight is 372 g/mol. The zero-order valence-corrected chi connectivity index (χ0v) is 14.8. The number of fused-ring (bicyclic) bond motifs is 1. The first-order valence-electron chi connectivity index (χ1n) is 8.50. The Morgan fingerprint density at radius 3 is 2.65 bits per heavy atom. The van der Waals surface area contributed by atoms with Crippen LogP contribution in [0.5, 0.6) is 11.6 Å². The molecule has 0 aliphatic carbocycles. The Hall–Kier alpha value is -2.73. The van der Waals surface area contributed by atoms with E-state index in [0.717, 1.165) is 18.4 Å². The van der Waals surface area contributed by atoms with Gasteiger partial charge in [0, 0.05) is 11.6 Å². The largest absolute Gasteiger partial charge is 0.493 e. The Kier molecular flexibility index (Phi) is 4.42.